The van der Waals surface area contributed by atoms with Gasteiger partial charge in [-0.3, -0.25) is 0 Å². The zero-order chi connectivity index (χ0) is 13.7. The second-order valence-electron chi connectivity index (χ2n) is 4.53. The summed E-state index contributed by atoms with van der Waals surface area (Å²) in [5.74, 6) is 1.57. The van der Waals surface area contributed by atoms with Crippen LogP contribution in [0.15, 0.2) is 42.5 Å². The molecule has 0 atom stereocenters. The molecule has 3 nitrogen and oxygen atoms in total. The lowest BCUT2D eigenvalue weighted by Crippen LogP contribution is -2.00. The number of aliphatic hydroxyl groups excluding tert-OH is 1. The molecule has 0 amide bonds. The summed E-state index contributed by atoms with van der Waals surface area (Å²) in [6, 6.07) is 13.7. The van der Waals surface area contributed by atoms with E-state index in [0.29, 0.717) is 13.0 Å². The molecule has 2 rings (SSSR count). The monoisotopic (exact) mass is 257 g/mol. The molecule has 0 saturated heterocycles. The topological polar surface area (TPSA) is 55.5 Å². The fraction of sp³-hybridized carbons (Fsp3) is 0.250. The fourth-order valence-electron chi connectivity index (χ4n) is 1.95. The van der Waals surface area contributed by atoms with Crippen molar-refractivity contribution in [3.63, 3.8) is 0 Å². The maximum absolute atomic E-state index is 8.87. The number of hydrogen-bond donors (Lipinski definition) is 2. The summed E-state index contributed by atoms with van der Waals surface area (Å²) in [7, 11) is 0. The van der Waals surface area contributed by atoms with Crippen molar-refractivity contribution in [3.05, 3.63) is 59.2 Å². The van der Waals surface area contributed by atoms with Gasteiger partial charge in [-0.1, -0.05) is 29.8 Å². The molecule has 3 N–H and O–H groups in total. The Morgan fingerprint density at radius 1 is 1.11 bits per heavy atom. The molecule has 0 aliphatic carbocycles. The smallest absolute Gasteiger partial charge is 0.131 e. The molecule has 0 aromatic heterocycles. The third-order valence-electron chi connectivity index (χ3n) is 2.99. The Labute approximate surface area is 113 Å². The average molecular weight is 257 g/mol. The van der Waals surface area contributed by atoms with Gasteiger partial charge in [-0.2, -0.15) is 0 Å². The van der Waals surface area contributed by atoms with E-state index in [-0.39, 0.29) is 6.61 Å². The Morgan fingerprint density at radius 2 is 1.84 bits per heavy atom. The first-order chi connectivity index (χ1) is 9.22. The predicted octanol–water partition coefficient (Wildman–Crippen LogP) is 2.78. The second-order valence-corrected chi connectivity index (χ2v) is 4.53. The van der Waals surface area contributed by atoms with E-state index in [9.17, 15) is 0 Å². The van der Waals surface area contributed by atoms with E-state index in [2.05, 4.69) is 0 Å². The summed E-state index contributed by atoms with van der Waals surface area (Å²) in [4.78, 5) is 0. The summed E-state index contributed by atoms with van der Waals surface area (Å²) >= 11 is 0. The maximum Gasteiger partial charge on any atom is 0.131 e. The number of hydrogen-bond acceptors (Lipinski definition) is 3. The molecule has 0 aliphatic heterocycles. The Hall–Kier alpha value is -1.84. The summed E-state index contributed by atoms with van der Waals surface area (Å²) in [6.07, 6.45) is 0.666. The Morgan fingerprint density at radius 3 is 2.47 bits per heavy atom. The highest BCUT2D eigenvalue weighted by Gasteiger charge is 2.04. The summed E-state index contributed by atoms with van der Waals surface area (Å²) in [6.45, 7) is 2.65. The fourth-order valence-corrected chi connectivity index (χ4v) is 1.95. The lowest BCUT2D eigenvalue weighted by Gasteiger charge is -2.11. The van der Waals surface area contributed by atoms with E-state index in [1.807, 2.05) is 49.4 Å². The molecule has 3 heteroatoms. The third kappa shape index (κ3) is 3.56. The number of aliphatic hydroxyl groups is 1. The summed E-state index contributed by atoms with van der Waals surface area (Å²) < 4.78 is 5.85. The van der Waals surface area contributed by atoms with E-state index < -0.39 is 0 Å². The van der Waals surface area contributed by atoms with Gasteiger partial charge >= 0.3 is 0 Å². The highest BCUT2D eigenvalue weighted by atomic mass is 16.5. The van der Waals surface area contributed by atoms with E-state index in [0.717, 1.165) is 22.6 Å². The van der Waals surface area contributed by atoms with Crippen LogP contribution in [-0.2, 0) is 13.0 Å². The number of nitrogens with two attached hydrogens (primary N) is 1. The van der Waals surface area contributed by atoms with E-state index in [1.165, 1.54) is 5.56 Å². The molecular weight excluding hydrogens is 238 g/mol. The molecule has 0 aliphatic rings. The first-order valence-corrected chi connectivity index (χ1v) is 6.40. The number of rotatable bonds is 5. The zero-order valence-electron chi connectivity index (χ0n) is 11.1. The van der Waals surface area contributed by atoms with E-state index in [1.54, 1.807) is 0 Å². The molecule has 0 bridgehead atoms. The van der Waals surface area contributed by atoms with Gasteiger partial charge in [-0.05, 0) is 37.1 Å². The minimum absolute atomic E-state index is 0.162. The molecule has 2 aromatic rings. The molecule has 0 fully saturated rings. The van der Waals surface area contributed by atoms with Crippen molar-refractivity contribution in [1.29, 1.82) is 0 Å². The number of ether oxygens (including phenoxy) is 1. The highest BCUT2D eigenvalue weighted by molar-refractivity contribution is 5.40. The van der Waals surface area contributed by atoms with Gasteiger partial charge in [-0.25, -0.2) is 0 Å². The van der Waals surface area contributed by atoms with Crippen molar-refractivity contribution in [2.45, 2.75) is 19.9 Å². The summed E-state index contributed by atoms with van der Waals surface area (Å²) in [5.41, 5.74) is 9.00. The Balaban J connectivity index is 2.16. The van der Waals surface area contributed by atoms with Crippen LogP contribution < -0.4 is 10.5 Å². The van der Waals surface area contributed by atoms with Crippen LogP contribution in [0, 0.1) is 6.92 Å². The number of aryl methyl sites for hydroxylation is 1. The molecule has 0 heterocycles. The van der Waals surface area contributed by atoms with Crippen LogP contribution >= 0.6 is 0 Å². The quantitative estimate of drug-likeness (QED) is 0.866. The molecule has 0 saturated carbocycles. The van der Waals surface area contributed by atoms with Crippen LogP contribution in [0.25, 0.3) is 0 Å². The van der Waals surface area contributed by atoms with Crippen molar-refractivity contribution >= 4 is 0 Å². The van der Waals surface area contributed by atoms with Crippen molar-refractivity contribution < 1.29 is 9.84 Å². The van der Waals surface area contributed by atoms with Gasteiger partial charge in [0.1, 0.15) is 11.5 Å². The van der Waals surface area contributed by atoms with E-state index >= 15 is 0 Å². The Kier molecular flexibility index (Phi) is 4.55. The molecule has 0 spiro atoms. The summed E-state index contributed by atoms with van der Waals surface area (Å²) in [5, 5.41) is 8.87. The molecule has 19 heavy (non-hydrogen) atoms. The highest BCUT2D eigenvalue weighted by Crippen LogP contribution is 2.26. The molecule has 2 aromatic carbocycles. The predicted molar refractivity (Wildman–Crippen MR) is 76.4 cm³/mol. The minimum atomic E-state index is 0.162. The minimum Gasteiger partial charge on any atom is -0.457 e. The van der Waals surface area contributed by atoms with Crippen molar-refractivity contribution in [3.8, 4) is 11.5 Å². The van der Waals surface area contributed by atoms with Crippen molar-refractivity contribution in [1.82, 2.24) is 0 Å². The second kappa shape index (κ2) is 6.36. The standard InChI is InChI=1S/C16H19NO2/c1-12-2-7-16(14(10-12)11-17)19-15-5-3-13(4-6-15)8-9-18/h2-7,10,18H,8-9,11,17H2,1H3. The molecule has 100 valence electrons. The largest absolute Gasteiger partial charge is 0.457 e. The van der Waals surface area contributed by atoms with Crippen LogP contribution in [0.5, 0.6) is 11.5 Å². The third-order valence-corrected chi connectivity index (χ3v) is 2.99. The Bertz CT molecular complexity index is 535. The first kappa shape index (κ1) is 13.6. The van der Waals surface area contributed by atoms with Gasteiger partial charge in [0.2, 0.25) is 0 Å². The van der Waals surface area contributed by atoms with Gasteiger partial charge < -0.3 is 15.6 Å². The van der Waals surface area contributed by atoms with Gasteiger partial charge in [0.05, 0.1) is 0 Å². The first-order valence-electron chi connectivity index (χ1n) is 6.40. The molecule has 0 radical (unpaired) electrons. The lowest BCUT2D eigenvalue weighted by atomic mass is 10.1. The van der Waals surface area contributed by atoms with Crippen molar-refractivity contribution in [2.24, 2.45) is 5.73 Å². The van der Waals surface area contributed by atoms with Gasteiger partial charge in [0, 0.05) is 18.7 Å². The average Bonchev–Trinajstić information content (AvgIpc) is 2.43. The van der Waals surface area contributed by atoms with Crippen LogP contribution in [0.4, 0.5) is 0 Å². The van der Waals surface area contributed by atoms with Crippen LogP contribution in [-0.4, -0.2) is 11.7 Å². The van der Waals surface area contributed by atoms with Crippen LogP contribution in [0.1, 0.15) is 16.7 Å². The molecular formula is C16H19NO2. The van der Waals surface area contributed by atoms with Gasteiger partial charge in [0.25, 0.3) is 0 Å². The SMILES string of the molecule is Cc1ccc(Oc2ccc(CCO)cc2)c(CN)c1. The molecule has 0 unspecified atom stereocenters. The van der Waals surface area contributed by atoms with Crippen LogP contribution in [0.3, 0.4) is 0 Å². The van der Waals surface area contributed by atoms with Crippen molar-refractivity contribution in [2.75, 3.05) is 6.61 Å². The van der Waals surface area contributed by atoms with Gasteiger partial charge in [0.15, 0.2) is 0 Å². The van der Waals surface area contributed by atoms with Gasteiger partial charge in [-0.15, -0.1) is 0 Å². The maximum atomic E-state index is 8.87. The van der Waals surface area contributed by atoms with Crippen LogP contribution in [0.2, 0.25) is 0 Å². The normalized spacial score (nSPS) is 10.5. The van der Waals surface area contributed by atoms with E-state index in [4.69, 9.17) is 15.6 Å². The number of benzene rings is 2. The zero-order valence-corrected chi connectivity index (χ0v) is 11.1. The lowest BCUT2D eigenvalue weighted by molar-refractivity contribution is 0.299.